The molecule has 2 N–H and O–H groups in total. The third-order valence-electron chi connectivity index (χ3n) is 6.99. The van der Waals surface area contributed by atoms with Crippen molar-refractivity contribution >= 4 is 35.6 Å². The van der Waals surface area contributed by atoms with Gasteiger partial charge in [0.05, 0.1) is 0 Å². The van der Waals surface area contributed by atoms with Crippen LogP contribution in [0, 0.1) is 17.3 Å². The smallest absolute Gasteiger partial charge is 0.508 e. The molecule has 1 saturated carbocycles. The van der Waals surface area contributed by atoms with E-state index in [0.29, 0.717) is 22.9 Å². The van der Waals surface area contributed by atoms with Gasteiger partial charge < -0.3 is 10.4 Å². The Bertz CT molecular complexity index is 1030. The molecule has 1 fully saturated rings. The normalized spacial score (nSPS) is 25.5. The van der Waals surface area contributed by atoms with Crippen LogP contribution in [0.3, 0.4) is 0 Å². The van der Waals surface area contributed by atoms with Crippen LogP contribution >= 0.6 is 0 Å². The predicted octanol–water partition coefficient (Wildman–Crippen LogP) is 6.95. The Labute approximate surface area is 211 Å². The zero-order valence-corrected chi connectivity index (χ0v) is 23.8. The number of aliphatic imine (C=N–C) groups is 1. The molecule has 3 atom stereocenters. The van der Waals surface area contributed by atoms with Crippen molar-refractivity contribution in [3.8, 4) is 5.75 Å². The number of amides is 1. The second-order valence-corrected chi connectivity index (χ2v) is 16.8. The average Bonchev–Trinajstić information content (AvgIpc) is 3.29. The topological polar surface area (TPSA) is 61.7 Å². The van der Waals surface area contributed by atoms with E-state index in [9.17, 15) is 9.90 Å². The van der Waals surface area contributed by atoms with Gasteiger partial charge in [-0.25, -0.2) is 0 Å². The number of rotatable bonds is 7. The van der Waals surface area contributed by atoms with E-state index in [1.165, 1.54) is 18.4 Å². The number of phenolic OH excluding ortho intramolecular Hbond substituents is 1. The summed E-state index contributed by atoms with van der Waals surface area (Å²) >= 11 is -1.64. The first kappa shape index (κ1) is 26.3. The molecule has 1 aliphatic carbocycles. The van der Waals surface area contributed by atoms with Gasteiger partial charge in [0.2, 0.25) is 0 Å². The Balaban J connectivity index is 1.59. The second-order valence-electron chi connectivity index (χ2n) is 10.2. The molecular weight excluding hydrogens is 527 g/mol. The van der Waals surface area contributed by atoms with Crippen LogP contribution in [0.1, 0.15) is 47.5 Å². The van der Waals surface area contributed by atoms with Crippen LogP contribution in [0.2, 0.25) is 3.93 Å². The molecule has 5 heteroatoms. The molecule has 179 valence electrons. The van der Waals surface area contributed by atoms with Crippen molar-refractivity contribution in [1.82, 2.24) is 0 Å². The molecule has 4 nitrogen and oxygen atoms in total. The van der Waals surface area contributed by atoms with Gasteiger partial charge in [-0.2, -0.15) is 0 Å². The van der Waals surface area contributed by atoms with Crippen molar-refractivity contribution in [3.63, 3.8) is 0 Å². The zero-order valence-electron chi connectivity index (χ0n) is 21.0. The maximum atomic E-state index is 12.2. The Morgan fingerprint density at radius 3 is 2.59 bits per heavy atom. The van der Waals surface area contributed by atoms with Crippen molar-refractivity contribution in [2.75, 3.05) is 5.32 Å². The van der Waals surface area contributed by atoms with Crippen LogP contribution in [0.5, 0.6) is 5.75 Å². The minimum absolute atomic E-state index is 0.174. The van der Waals surface area contributed by atoms with Crippen LogP contribution in [-0.4, -0.2) is 35.0 Å². The van der Waals surface area contributed by atoms with Gasteiger partial charge in [0.25, 0.3) is 0 Å². The first-order valence-corrected chi connectivity index (χ1v) is 17.0. The van der Waals surface area contributed by atoms with Gasteiger partial charge in [0.15, 0.2) is 0 Å². The molecule has 1 aromatic carbocycles. The number of aromatic hydroxyl groups is 1. The van der Waals surface area contributed by atoms with E-state index >= 15 is 0 Å². The van der Waals surface area contributed by atoms with Gasteiger partial charge in [-0.1, -0.05) is 0 Å². The number of phenols is 1. The first-order valence-electron chi connectivity index (χ1n) is 12.0. The van der Waals surface area contributed by atoms with E-state index in [1.807, 2.05) is 25.3 Å². The molecule has 34 heavy (non-hydrogen) atoms. The van der Waals surface area contributed by atoms with Crippen LogP contribution < -0.4 is 5.32 Å². The van der Waals surface area contributed by atoms with Gasteiger partial charge in [-0.15, -0.1) is 0 Å². The fraction of sp³-hybridized carbons (Fsp3) is 0.379. The molecule has 1 aliphatic heterocycles. The quantitative estimate of drug-likeness (QED) is 0.163. The zero-order chi connectivity index (χ0) is 24.7. The Hall–Kier alpha value is -2.34. The fourth-order valence-electron chi connectivity index (χ4n) is 4.99. The minimum Gasteiger partial charge on any atom is -0.508 e. The van der Waals surface area contributed by atoms with Gasteiger partial charge in [-0.3, -0.25) is 4.79 Å². The predicted molar refractivity (Wildman–Crippen MR) is 145 cm³/mol. The van der Waals surface area contributed by atoms with E-state index < -0.39 is 19.8 Å². The summed E-state index contributed by atoms with van der Waals surface area (Å²) in [5.41, 5.74) is 3.04. The molecule has 0 saturated heterocycles. The Morgan fingerprint density at radius 1 is 1.18 bits per heavy atom. The summed E-state index contributed by atoms with van der Waals surface area (Å²) in [6.07, 6.45) is 16.9. The van der Waals surface area contributed by atoms with Gasteiger partial charge >= 0.3 is 161 Å². The summed E-state index contributed by atoms with van der Waals surface area (Å²) in [7, 11) is 0. The first-order chi connectivity index (χ1) is 16.2. The summed E-state index contributed by atoms with van der Waals surface area (Å²) in [4.78, 5) is 16.6. The number of nitrogens with one attached hydrogen (secondary N) is 1. The molecular formula is C29H37N2O2Sn. The molecule has 3 unspecified atom stereocenters. The second kappa shape index (κ2) is 11.9. The maximum absolute atomic E-state index is 12.2. The van der Waals surface area contributed by atoms with Crippen molar-refractivity contribution < 1.29 is 9.90 Å². The molecule has 1 amide bonds. The number of carbonyl (C=O) groups excluding carboxylic acids is 1. The van der Waals surface area contributed by atoms with Gasteiger partial charge in [-0.05, 0) is 24.3 Å². The van der Waals surface area contributed by atoms with Crippen molar-refractivity contribution in [2.24, 2.45) is 22.2 Å². The third kappa shape index (κ3) is 7.33. The summed E-state index contributed by atoms with van der Waals surface area (Å²) in [6, 6.07) is 6.43. The summed E-state index contributed by atoms with van der Waals surface area (Å²) in [5, 5.41) is 12.1. The molecule has 1 radical (unpaired) electrons. The summed E-state index contributed by atoms with van der Waals surface area (Å²) in [6.45, 7) is 11.3. The number of anilines is 1. The van der Waals surface area contributed by atoms with Crippen LogP contribution in [0.25, 0.3) is 0 Å². The van der Waals surface area contributed by atoms with Crippen LogP contribution in [0.15, 0.2) is 87.2 Å². The average molecular weight is 564 g/mol. The van der Waals surface area contributed by atoms with E-state index in [-0.39, 0.29) is 11.7 Å². The van der Waals surface area contributed by atoms with Crippen LogP contribution in [-0.2, 0) is 4.79 Å². The van der Waals surface area contributed by atoms with E-state index in [2.05, 4.69) is 64.6 Å². The molecule has 3 rings (SSSR count). The molecule has 1 aromatic rings. The minimum atomic E-state index is -1.64. The number of allylic oxidation sites excluding steroid dienone is 7. The molecule has 0 aromatic heterocycles. The number of carbonyl (C=O) groups is 1. The Morgan fingerprint density at radius 2 is 1.91 bits per heavy atom. The molecule has 0 spiro atoms. The van der Waals surface area contributed by atoms with Gasteiger partial charge in [0.1, 0.15) is 5.75 Å². The van der Waals surface area contributed by atoms with E-state index in [1.54, 1.807) is 30.3 Å². The Kier molecular flexibility index (Phi) is 9.17. The summed E-state index contributed by atoms with van der Waals surface area (Å²) in [5.74, 6) is 1.24. The molecule has 1 heterocycles. The van der Waals surface area contributed by atoms with E-state index in [0.717, 1.165) is 9.51 Å². The van der Waals surface area contributed by atoms with Crippen molar-refractivity contribution in [2.45, 2.75) is 51.4 Å². The van der Waals surface area contributed by atoms with E-state index in [4.69, 9.17) is 0 Å². The number of benzene rings is 1. The SMILES string of the molecule is CC(/C=C/C1C(C)[CH]([Sn]2[CH]=CN=[CH]2)CCC1(C)C)=C\C=C\C(C)=C\C(=O)Nc1ccc(O)cc1. The third-order valence-corrected chi connectivity index (χ3v) is 14.6. The van der Waals surface area contributed by atoms with Gasteiger partial charge in [0, 0.05) is 5.69 Å². The number of nitrogens with zero attached hydrogens (tertiary/aromatic N) is 1. The number of hydrogen-bond donors (Lipinski definition) is 2. The monoisotopic (exact) mass is 565 g/mol. The van der Waals surface area contributed by atoms with Crippen molar-refractivity contribution in [3.05, 3.63) is 82.2 Å². The summed E-state index contributed by atoms with van der Waals surface area (Å²) < 4.78 is 5.59. The molecule has 0 bridgehead atoms. The number of hydrogen-bond acceptors (Lipinski definition) is 3. The molecule has 2 aliphatic rings. The fourth-order valence-corrected chi connectivity index (χ4v) is 11.6. The van der Waals surface area contributed by atoms with Crippen molar-refractivity contribution in [1.29, 1.82) is 0 Å². The van der Waals surface area contributed by atoms with Crippen LogP contribution in [0.4, 0.5) is 5.69 Å². The standard InChI is InChI=1S/C26H34NO2.C3H3N.Sn/c1-19(11-16-24-21(3)10-7-17-26(24,4)5)8-6-9-20(2)18-25(29)27-22-12-14-23(28)15-13-22;1-3-4-2;/h6,8-16,18,21,24,28H,7,17H2,1-5H3,(H,27,29);1-3H;/b9-6+,16-11+,19-8+,20-18+;;.